The molecule has 0 amide bonds. The smallest absolute Gasteiger partial charge is 0.317 e. The fourth-order valence-electron chi connectivity index (χ4n) is 2.69. The second kappa shape index (κ2) is 4.95. The molecule has 4 heteroatoms. The van der Waals surface area contributed by atoms with Crippen molar-refractivity contribution >= 4 is 11.8 Å². The highest BCUT2D eigenvalue weighted by Crippen LogP contribution is 2.27. The lowest BCUT2D eigenvalue weighted by atomic mass is 9.86. The zero-order chi connectivity index (χ0) is 11.5. The molecule has 0 N–H and O–H groups in total. The Kier molecular flexibility index (Phi) is 3.59. The third-order valence-electron chi connectivity index (χ3n) is 3.56. The molecule has 0 aromatic heterocycles. The Morgan fingerprint density at radius 1 is 1.50 bits per heavy atom. The molecule has 0 radical (unpaired) electrons. The Bertz CT molecular complexity index is 290. The fourth-order valence-corrected chi connectivity index (χ4v) is 2.69. The van der Waals surface area contributed by atoms with Crippen LogP contribution in [0.15, 0.2) is 0 Å². The lowest BCUT2D eigenvalue weighted by Crippen LogP contribution is -2.52. The molecule has 0 spiro atoms. The van der Waals surface area contributed by atoms with Crippen LogP contribution in [-0.4, -0.2) is 42.4 Å². The maximum atomic E-state index is 11.8. The highest BCUT2D eigenvalue weighted by molar-refractivity contribution is 6.00. The van der Waals surface area contributed by atoms with E-state index in [1.165, 1.54) is 12.8 Å². The summed E-state index contributed by atoms with van der Waals surface area (Å²) in [6, 6.07) is 0.381. The number of fused-ring (bicyclic) bond motifs is 1. The molecule has 0 aliphatic carbocycles. The fraction of sp³-hybridized carbons (Fsp3) is 0.833. The standard InChI is InChI=1S/C12H19NO3/c1-2-16-12(15)10-8-13-6-4-3-5-9(13)7-11(10)14/h9-10H,2-8H2,1H3/t9-,10+/m1/s1. The van der Waals surface area contributed by atoms with Crippen LogP contribution < -0.4 is 0 Å². The van der Waals surface area contributed by atoms with Crippen molar-refractivity contribution < 1.29 is 14.3 Å². The van der Waals surface area contributed by atoms with E-state index < -0.39 is 5.92 Å². The first-order valence-corrected chi connectivity index (χ1v) is 6.15. The average Bonchev–Trinajstić information content (AvgIpc) is 2.28. The molecule has 0 unspecified atom stereocenters. The Balaban J connectivity index is 2.00. The van der Waals surface area contributed by atoms with Gasteiger partial charge in [-0.3, -0.25) is 14.5 Å². The van der Waals surface area contributed by atoms with E-state index in [2.05, 4.69) is 4.90 Å². The zero-order valence-corrected chi connectivity index (χ0v) is 9.78. The summed E-state index contributed by atoms with van der Waals surface area (Å²) in [5, 5.41) is 0. The molecular weight excluding hydrogens is 206 g/mol. The second-order valence-corrected chi connectivity index (χ2v) is 4.62. The summed E-state index contributed by atoms with van der Waals surface area (Å²) in [7, 11) is 0. The van der Waals surface area contributed by atoms with Crippen LogP contribution >= 0.6 is 0 Å². The normalized spacial score (nSPS) is 30.9. The maximum Gasteiger partial charge on any atom is 0.317 e. The molecule has 16 heavy (non-hydrogen) atoms. The summed E-state index contributed by atoms with van der Waals surface area (Å²) in [5.41, 5.74) is 0. The molecule has 0 saturated carbocycles. The van der Waals surface area contributed by atoms with Gasteiger partial charge in [-0.1, -0.05) is 6.42 Å². The number of rotatable bonds is 2. The first kappa shape index (κ1) is 11.6. The van der Waals surface area contributed by atoms with Gasteiger partial charge in [-0.05, 0) is 26.3 Å². The number of nitrogens with zero attached hydrogens (tertiary/aromatic N) is 1. The lowest BCUT2D eigenvalue weighted by Gasteiger charge is -2.40. The number of ketones is 1. The van der Waals surface area contributed by atoms with Gasteiger partial charge in [0.2, 0.25) is 0 Å². The van der Waals surface area contributed by atoms with Gasteiger partial charge in [0.25, 0.3) is 0 Å². The third kappa shape index (κ3) is 2.26. The number of carbonyl (C=O) groups excluding carboxylic acids is 2. The Hall–Kier alpha value is -0.900. The minimum Gasteiger partial charge on any atom is -0.465 e. The van der Waals surface area contributed by atoms with Gasteiger partial charge >= 0.3 is 5.97 Å². The van der Waals surface area contributed by atoms with Crippen LogP contribution in [0.25, 0.3) is 0 Å². The molecule has 2 rings (SSSR count). The van der Waals surface area contributed by atoms with E-state index in [9.17, 15) is 9.59 Å². The lowest BCUT2D eigenvalue weighted by molar-refractivity contribution is -0.155. The highest BCUT2D eigenvalue weighted by atomic mass is 16.5. The minimum atomic E-state index is -0.533. The monoisotopic (exact) mass is 225 g/mol. The molecule has 2 fully saturated rings. The second-order valence-electron chi connectivity index (χ2n) is 4.62. The van der Waals surface area contributed by atoms with Crippen LogP contribution in [0, 0.1) is 5.92 Å². The molecule has 2 aliphatic rings. The van der Waals surface area contributed by atoms with Crippen LogP contribution in [0.3, 0.4) is 0 Å². The molecule has 2 atom stereocenters. The van der Waals surface area contributed by atoms with Gasteiger partial charge in [-0.15, -0.1) is 0 Å². The molecule has 0 aromatic rings. The van der Waals surface area contributed by atoms with E-state index >= 15 is 0 Å². The van der Waals surface area contributed by atoms with Gasteiger partial charge in [0.1, 0.15) is 11.7 Å². The van der Waals surface area contributed by atoms with E-state index in [1.54, 1.807) is 6.92 Å². The zero-order valence-electron chi connectivity index (χ0n) is 9.78. The topological polar surface area (TPSA) is 46.6 Å². The molecule has 2 saturated heterocycles. The maximum absolute atomic E-state index is 11.8. The molecule has 90 valence electrons. The molecule has 0 bridgehead atoms. The highest BCUT2D eigenvalue weighted by Gasteiger charge is 2.39. The van der Waals surface area contributed by atoms with Crippen molar-refractivity contribution in [2.24, 2.45) is 5.92 Å². The number of hydrogen-bond acceptors (Lipinski definition) is 4. The predicted octanol–water partition coefficient (Wildman–Crippen LogP) is 0.993. The summed E-state index contributed by atoms with van der Waals surface area (Å²) in [4.78, 5) is 25.7. The minimum absolute atomic E-state index is 0.0709. The van der Waals surface area contributed by atoms with E-state index in [0.29, 0.717) is 25.6 Å². The van der Waals surface area contributed by atoms with Gasteiger partial charge in [0.05, 0.1) is 6.61 Å². The van der Waals surface area contributed by atoms with Gasteiger partial charge in [-0.2, -0.15) is 0 Å². The number of hydrogen-bond donors (Lipinski definition) is 0. The van der Waals surface area contributed by atoms with Crippen LogP contribution in [0.2, 0.25) is 0 Å². The number of esters is 1. The number of piperidine rings is 2. The largest absolute Gasteiger partial charge is 0.465 e. The summed E-state index contributed by atoms with van der Waals surface area (Å²) < 4.78 is 4.95. The van der Waals surface area contributed by atoms with E-state index in [0.717, 1.165) is 13.0 Å². The first-order valence-electron chi connectivity index (χ1n) is 6.15. The Labute approximate surface area is 95.9 Å². The molecule has 2 aliphatic heterocycles. The van der Waals surface area contributed by atoms with Gasteiger partial charge in [0.15, 0.2) is 0 Å². The van der Waals surface area contributed by atoms with Crippen molar-refractivity contribution in [3.05, 3.63) is 0 Å². The third-order valence-corrected chi connectivity index (χ3v) is 3.56. The van der Waals surface area contributed by atoms with Crippen LogP contribution in [0.5, 0.6) is 0 Å². The average molecular weight is 225 g/mol. The van der Waals surface area contributed by atoms with Crippen molar-refractivity contribution in [2.45, 2.75) is 38.6 Å². The quantitative estimate of drug-likeness (QED) is 0.519. The number of ether oxygens (including phenoxy) is 1. The van der Waals surface area contributed by atoms with Crippen molar-refractivity contribution in [3.63, 3.8) is 0 Å². The Morgan fingerprint density at radius 3 is 3.06 bits per heavy atom. The SMILES string of the molecule is CCOC(=O)[C@H]1CN2CCCC[C@@H]2CC1=O. The summed E-state index contributed by atoms with van der Waals surface area (Å²) in [6.45, 7) is 3.72. The molecule has 4 nitrogen and oxygen atoms in total. The molecular formula is C12H19NO3. The number of Topliss-reactive ketones (excluding diaryl/α,β-unsaturated/α-hetero) is 1. The van der Waals surface area contributed by atoms with Crippen LogP contribution in [-0.2, 0) is 14.3 Å². The van der Waals surface area contributed by atoms with Crippen molar-refractivity contribution in [2.75, 3.05) is 19.7 Å². The molecule has 2 heterocycles. The van der Waals surface area contributed by atoms with Crippen molar-refractivity contribution in [3.8, 4) is 0 Å². The van der Waals surface area contributed by atoms with Crippen molar-refractivity contribution in [1.29, 1.82) is 0 Å². The van der Waals surface area contributed by atoms with Gasteiger partial charge in [-0.25, -0.2) is 0 Å². The molecule has 0 aromatic carbocycles. The van der Waals surface area contributed by atoms with E-state index in [1.807, 2.05) is 0 Å². The van der Waals surface area contributed by atoms with Crippen molar-refractivity contribution in [1.82, 2.24) is 4.90 Å². The van der Waals surface area contributed by atoms with Gasteiger partial charge < -0.3 is 4.74 Å². The van der Waals surface area contributed by atoms with E-state index in [4.69, 9.17) is 4.74 Å². The number of carbonyl (C=O) groups is 2. The Morgan fingerprint density at radius 2 is 2.31 bits per heavy atom. The first-order chi connectivity index (χ1) is 7.72. The summed E-state index contributed by atoms with van der Waals surface area (Å²) in [5.74, 6) is -0.799. The summed E-state index contributed by atoms with van der Waals surface area (Å²) >= 11 is 0. The summed E-state index contributed by atoms with van der Waals surface area (Å²) in [6.07, 6.45) is 4.02. The van der Waals surface area contributed by atoms with Crippen LogP contribution in [0.1, 0.15) is 32.6 Å². The van der Waals surface area contributed by atoms with Gasteiger partial charge in [0, 0.05) is 19.0 Å². The van der Waals surface area contributed by atoms with E-state index in [-0.39, 0.29) is 11.8 Å². The predicted molar refractivity (Wildman–Crippen MR) is 59.0 cm³/mol. The van der Waals surface area contributed by atoms with Crippen LogP contribution in [0.4, 0.5) is 0 Å².